The number of carbonyl (C=O) groups is 1. The highest BCUT2D eigenvalue weighted by atomic mass is 32.2. The van der Waals surface area contributed by atoms with E-state index >= 15 is 0 Å². The molecule has 2 rings (SSSR count). The van der Waals surface area contributed by atoms with Gasteiger partial charge >= 0.3 is 0 Å². The van der Waals surface area contributed by atoms with E-state index in [2.05, 4.69) is 10.3 Å². The van der Waals surface area contributed by atoms with Crippen molar-refractivity contribution in [2.24, 2.45) is 0 Å². The van der Waals surface area contributed by atoms with Crippen LogP contribution in [0.4, 0.5) is 0 Å². The molecule has 1 aromatic heterocycles. The summed E-state index contributed by atoms with van der Waals surface area (Å²) in [6.07, 6.45) is 0.848. The largest absolute Gasteiger partial charge is 0.441 e. The molecular formula is C18H24N2O3S. The van der Waals surface area contributed by atoms with Crippen molar-refractivity contribution in [3.63, 3.8) is 0 Å². The third-order valence-electron chi connectivity index (χ3n) is 3.88. The Morgan fingerprint density at radius 3 is 2.71 bits per heavy atom. The van der Waals surface area contributed by atoms with Crippen LogP contribution in [0.15, 0.2) is 28.7 Å². The van der Waals surface area contributed by atoms with Gasteiger partial charge in [0.25, 0.3) is 0 Å². The number of oxazole rings is 1. The summed E-state index contributed by atoms with van der Waals surface area (Å²) in [5.74, 6) is 1.18. The number of carbonyl (C=O) groups excluding carboxylic acids is 1. The number of nitrogens with one attached hydrogen (secondary N) is 1. The topological polar surface area (TPSA) is 72.2 Å². The molecule has 0 radical (unpaired) electrons. The smallest absolute Gasteiger partial charge is 0.232 e. The normalized spacial score (nSPS) is 13.5. The summed E-state index contributed by atoms with van der Waals surface area (Å²) in [7, 11) is -1.31. The predicted octanol–water partition coefficient (Wildman–Crippen LogP) is 3.12. The molecule has 6 heteroatoms. The second-order valence-electron chi connectivity index (χ2n) is 5.94. The average Bonchev–Trinajstić information content (AvgIpc) is 2.87. The maximum Gasteiger partial charge on any atom is 0.232 e. The number of benzene rings is 1. The van der Waals surface area contributed by atoms with E-state index in [1.165, 1.54) is 0 Å². The molecule has 1 N–H and O–H groups in total. The molecule has 1 heterocycles. The van der Waals surface area contributed by atoms with E-state index in [0.717, 1.165) is 17.5 Å². The summed E-state index contributed by atoms with van der Waals surface area (Å²) in [6.45, 7) is 7.72. The van der Waals surface area contributed by atoms with Crippen molar-refractivity contribution in [3.8, 4) is 11.5 Å². The van der Waals surface area contributed by atoms with Crippen LogP contribution in [-0.2, 0) is 21.3 Å². The highest BCUT2D eigenvalue weighted by Crippen LogP contribution is 2.25. The van der Waals surface area contributed by atoms with Crippen LogP contribution >= 0.6 is 0 Å². The first kappa shape index (κ1) is 18.4. The van der Waals surface area contributed by atoms with Crippen LogP contribution in [0.3, 0.4) is 0 Å². The Labute approximate surface area is 145 Å². The van der Waals surface area contributed by atoms with Crippen LogP contribution in [0.2, 0.25) is 0 Å². The quantitative estimate of drug-likeness (QED) is 0.834. The third-order valence-corrected chi connectivity index (χ3v) is 5.06. The highest BCUT2D eigenvalue weighted by Gasteiger charge is 2.17. The van der Waals surface area contributed by atoms with Gasteiger partial charge in [-0.3, -0.25) is 9.00 Å². The minimum Gasteiger partial charge on any atom is -0.441 e. The van der Waals surface area contributed by atoms with E-state index in [1.54, 1.807) is 6.92 Å². The van der Waals surface area contributed by atoms with Crippen molar-refractivity contribution in [2.75, 3.05) is 5.75 Å². The third kappa shape index (κ3) is 4.77. The van der Waals surface area contributed by atoms with Crippen LogP contribution in [0.5, 0.6) is 0 Å². The van der Waals surface area contributed by atoms with Gasteiger partial charge in [0.1, 0.15) is 11.5 Å². The van der Waals surface area contributed by atoms with Crippen LogP contribution in [0.25, 0.3) is 11.5 Å². The van der Waals surface area contributed by atoms with Crippen molar-refractivity contribution in [2.45, 2.75) is 45.9 Å². The number of hydrogen-bond acceptors (Lipinski definition) is 4. The molecule has 130 valence electrons. The van der Waals surface area contributed by atoms with Crippen LogP contribution in [0.1, 0.15) is 37.3 Å². The Morgan fingerprint density at radius 1 is 1.33 bits per heavy atom. The standard InChI is InChI=1S/C18H24N2O3S/c1-5-13(3)19-17(21)11-24(22)10-16-14(4)23-18(20-16)15-9-7-6-8-12(15)2/h6-9,13H,5,10-11H2,1-4H3,(H,19,21)/t13-,24+/m1/s1. The molecule has 2 aromatic rings. The van der Waals surface area contributed by atoms with Gasteiger partial charge in [0, 0.05) is 22.4 Å². The zero-order valence-corrected chi connectivity index (χ0v) is 15.4. The second-order valence-corrected chi connectivity index (χ2v) is 7.40. The molecular weight excluding hydrogens is 324 g/mol. The van der Waals surface area contributed by atoms with E-state index in [1.807, 2.05) is 45.0 Å². The van der Waals surface area contributed by atoms with Crippen LogP contribution < -0.4 is 5.32 Å². The van der Waals surface area contributed by atoms with Gasteiger partial charge < -0.3 is 9.73 Å². The summed E-state index contributed by atoms with van der Waals surface area (Å²) < 4.78 is 17.9. The Kier molecular flexibility index (Phi) is 6.31. The molecule has 1 aromatic carbocycles. The summed E-state index contributed by atoms with van der Waals surface area (Å²) in [4.78, 5) is 16.3. The lowest BCUT2D eigenvalue weighted by Crippen LogP contribution is -2.35. The molecule has 0 fully saturated rings. The van der Waals surface area contributed by atoms with Gasteiger partial charge in [0.05, 0.1) is 11.4 Å². The molecule has 0 spiro atoms. The number of nitrogens with zero attached hydrogens (tertiary/aromatic N) is 1. The van der Waals surface area contributed by atoms with Crippen molar-refractivity contribution in [1.29, 1.82) is 0 Å². The van der Waals surface area contributed by atoms with E-state index in [4.69, 9.17) is 4.42 Å². The molecule has 0 bridgehead atoms. The Morgan fingerprint density at radius 2 is 2.04 bits per heavy atom. The fourth-order valence-electron chi connectivity index (χ4n) is 2.26. The molecule has 0 saturated carbocycles. The van der Waals surface area contributed by atoms with Crippen LogP contribution in [0, 0.1) is 13.8 Å². The lowest BCUT2D eigenvalue weighted by molar-refractivity contribution is -0.119. The van der Waals surface area contributed by atoms with E-state index in [9.17, 15) is 9.00 Å². The molecule has 2 atom stereocenters. The van der Waals surface area contributed by atoms with E-state index < -0.39 is 10.8 Å². The van der Waals surface area contributed by atoms with Crippen LogP contribution in [-0.4, -0.2) is 26.9 Å². The maximum absolute atomic E-state index is 12.2. The van der Waals surface area contributed by atoms with Gasteiger partial charge in [-0.25, -0.2) is 4.98 Å². The zero-order valence-electron chi connectivity index (χ0n) is 14.6. The average molecular weight is 348 g/mol. The molecule has 24 heavy (non-hydrogen) atoms. The van der Waals surface area contributed by atoms with E-state index in [-0.39, 0.29) is 23.5 Å². The lowest BCUT2D eigenvalue weighted by atomic mass is 10.1. The molecule has 0 aliphatic carbocycles. The van der Waals surface area contributed by atoms with Crippen molar-refractivity contribution >= 4 is 16.7 Å². The Balaban J connectivity index is 2.04. The molecule has 1 amide bonds. The van der Waals surface area contributed by atoms with Gasteiger partial charge in [0.15, 0.2) is 0 Å². The van der Waals surface area contributed by atoms with Gasteiger partial charge in [-0.05, 0) is 38.8 Å². The van der Waals surface area contributed by atoms with Crippen molar-refractivity contribution in [1.82, 2.24) is 10.3 Å². The Bertz CT molecular complexity index is 740. The number of aromatic nitrogens is 1. The predicted molar refractivity (Wildman–Crippen MR) is 96.0 cm³/mol. The number of amides is 1. The SMILES string of the molecule is CC[C@@H](C)NC(=O)C[S@@](=O)Cc1nc(-c2ccccc2C)oc1C. The van der Waals surface area contributed by atoms with Gasteiger partial charge in [0.2, 0.25) is 11.8 Å². The monoisotopic (exact) mass is 348 g/mol. The van der Waals surface area contributed by atoms with Gasteiger partial charge in [-0.2, -0.15) is 0 Å². The maximum atomic E-state index is 12.2. The number of hydrogen-bond donors (Lipinski definition) is 1. The van der Waals surface area contributed by atoms with Crippen molar-refractivity contribution in [3.05, 3.63) is 41.3 Å². The summed E-state index contributed by atoms with van der Waals surface area (Å²) in [5.41, 5.74) is 2.63. The van der Waals surface area contributed by atoms with Crippen molar-refractivity contribution < 1.29 is 13.4 Å². The fourth-order valence-corrected chi connectivity index (χ4v) is 3.31. The molecule has 0 saturated heterocycles. The number of aryl methyl sites for hydroxylation is 2. The summed E-state index contributed by atoms with van der Waals surface area (Å²) in [6, 6.07) is 7.92. The minimum atomic E-state index is -1.31. The lowest BCUT2D eigenvalue weighted by Gasteiger charge is -2.10. The first-order valence-corrected chi connectivity index (χ1v) is 9.56. The first-order valence-electron chi connectivity index (χ1n) is 8.07. The van der Waals surface area contributed by atoms with Gasteiger partial charge in [-0.1, -0.05) is 25.1 Å². The van der Waals surface area contributed by atoms with E-state index in [0.29, 0.717) is 17.3 Å². The highest BCUT2D eigenvalue weighted by molar-refractivity contribution is 7.84. The first-order chi connectivity index (χ1) is 11.4. The summed E-state index contributed by atoms with van der Waals surface area (Å²) >= 11 is 0. The molecule has 0 unspecified atom stereocenters. The molecule has 5 nitrogen and oxygen atoms in total. The number of rotatable bonds is 7. The van der Waals surface area contributed by atoms with Gasteiger partial charge in [-0.15, -0.1) is 0 Å². The zero-order chi connectivity index (χ0) is 17.7. The summed E-state index contributed by atoms with van der Waals surface area (Å²) in [5, 5.41) is 2.82. The minimum absolute atomic E-state index is 0.0175. The fraction of sp³-hybridized carbons (Fsp3) is 0.444. The molecule has 0 aliphatic rings. The second kappa shape index (κ2) is 8.24. The molecule has 0 aliphatic heterocycles. The Hall–Kier alpha value is -1.95.